The lowest BCUT2D eigenvalue weighted by Gasteiger charge is -2.17. The van der Waals surface area contributed by atoms with Gasteiger partial charge in [-0.1, -0.05) is 26.0 Å². The molecule has 2 aromatic carbocycles. The van der Waals surface area contributed by atoms with Crippen molar-refractivity contribution in [3.63, 3.8) is 0 Å². The third kappa shape index (κ3) is 4.59. The fourth-order valence-electron chi connectivity index (χ4n) is 3.45. The Morgan fingerprint density at radius 3 is 1.96 bits per heavy atom. The smallest absolute Gasteiger partial charge is 0.133 e. The van der Waals surface area contributed by atoms with Crippen molar-refractivity contribution in [2.75, 3.05) is 13.2 Å². The second kappa shape index (κ2) is 7.71. The number of ether oxygens (including phenoxy) is 3. The van der Waals surface area contributed by atoms with Gasteiger partial charge in [-0.25, -0.2) is 0 Å². The van der Waals surface area contributed by atoms with Crippen molar-refractivity contribution in [3.8, 4) is 17.2 Å². The third-order valence-electron chi connectivity index (χ3n) is 4.63. The first kappa shape index (κ1) is 18.8. The minimum Gasteiger partial charge on any atom is -0.490 e. The van der Waals surface area contributed by atoms with E-state index in [1.807, 2.05) is 0 Å². The number of rotatable bonds is 7. The topological polar surface area (TPSA) is 31.0 Å². The molecule has 0 bridgehead atoms. The molecule has 1 atom stereocenters. The van der Waals surface area contributed by atoms with Crippen LogP contribution in [0.5, 0.6) is 17.2 Å². The van der Waals surface area contributed by atoms with Crippen LogP contribution in [0.2, 0.25) is 0 Å². The molecule has 1 heterocycles. The van der Waals surface area contributed by atoms with Crippen LogP contribution in [0.25, 0.3) is 0 Å². The predicted octanol–water partition coefficient (Wildman–Crippen LogP) is 5.69. The zero-order valence-electron chi connectivity index (χ0n) is 16.8. The first-order valence-electron chi connectivity index (χ1n) is 9.47. The summed E-state index contributed by atoms with van der Waals surface area (Å²) in [5.41, 5.74) is 5.92. The molecule has 1 fully saturated rings. The van der Waals surface area contributed by atoms with Crippen molar-refractivity contribution in [2.24, 2.45) is 5.92 Å². The van der Waals surface area contributed by atoms with Crippen molar-refractivity contribution in [3.05, 3.63) is 52.1 Å². The van der Waals surface area contributed by atoms with E-state index in [9.17, 15) is 0 Å². The Hall–Kier alpha value is -2.00. The molecule has 3 heteroatoms. The summed E-state index contributed by atoms with van der Waals surface area (Å²) in [4.78, 5) is 0. The van der Waals surface area contributed by atoms with Crippen LogP contribution >= 0.6 is 0 Å². The van der Waals surface area contributed by atoms with Crippen LogP contribution in [0.3, 0.4) is 0 Å². The van der Waals surface area contributed by atoms with E-state index in [0.717, 1.165) is 41.4 Å². The van der Waals surface area contributed by atoms with E-state index in [1.54, 1.807) is 0 Å². The SMILES string of the molecule is Cc1cc(Oc2c(C)cc(CC(C)C)cc2C)cc(C)c1OCC1CO1. The van der Waals surface area contributed by atoms with E-state index >= 15 is 0 Å². The van der Waals surface area contributed by atoms with E-state index < -0.39 is 0 Å². The highest BCUT2D eigenvalue weighted by molar-refractivity contribution is 5.50. The van der Waals surface area contributed by atoms with Gasteiger partial charge in [-0.05, 0) is 80.0 Å². The minimum absolute atomic E-state index is 0.263. The monoisotopic (exact) mass is 354 g/mol. The molecular formula is C23H30O3. The fraction of sp³-hybridized carbons (Fsp3) is 0.478. The van der Waals surface area contributed by atoms with Crippen LogP contribution in [0.1, 0.15) is 41.7 Å². The lowest BCUT2D eigenvalue weighted by molar-refractivity contribution is 0.260. The Balaban J connectivity index is 1.80. The molecule has 26 heavy (non-hydrogen) atoms. The lowest BCUT2D eigenvalue weighted by Crippen LogP contribution is -2.06. The summed E-state index contributed by atoms with van der Waals surface area (Å²) in [6.07, 6.45) is 1.36. The van der Waals surface area contributed by atoms with E-state index in [0.29, 0.717) is 12.5 Å². The Morgan fingerprint density at radius 2 is 1.46 bits per heavy atom. The van der Waals surface area contributed by atoms with E-state index in [1.165, 1.54) is 16.7 Å². The zero-order chi connectivity index (χ0) is 18.8. The molecular weight excluding hydrogens is 324 g/mol. The summed E-state index contributed by atoms with van der Waals surface area (Å²) in [7, 11) is 0. The van der Waals surface area contributed by atoms with Crippen LogP contribution < -0.4 is 9.47 Å². The summed E-state index contributed by atoms with van der Waals surface area (Å²) in [6, 6.07) is 8.60. The Bertz CT molecular complexity index is 742. The van der Waals surface area contributed by atoms with Gasteiger partial charge in [-0.15, -0.1) is 0 Å². The molecule has 0 spiro atoms. The molecule has 1 aliphatic rings. The first-order chi connectivity index (χ1) is 12.3. The maximum absolute atomic E-state index is 6.27. The second-order valence-corrected chi connectivity index (χ2v) is 7.91. The lowest BCUT2D eigenvalue weighted by atomic mass is 9.98. The van der Waals surface area contributed by atoms with Crippen molar-refractivity contribution >= 4 is 0 Å². The van der Waals surface area contributed by atoms with Crippen LogP contribution in [0, 0.1) is 33.6 Å². The molecule has 1 unspecified atom stereocenters. The molecule has 2 aromatic rings. The van der Waals surface area contributed by atoms with Crippen LogP contribution in [-0.2, 0) is 11.2 Å². The molecule has 3 rings (SSSR count). The molecule has 1 saturated heterocycles. The van der Waals surface area contributed by atoms with Gasteiger partial charge in [0.05, 0.1) is 6.61 Å². The molecule has 0 N–H and O–H groups in total. The van der Waals surface area contributed by atoms with Gasteiger partial charge in [0.2, 0.25) is 0 Å². The van der Waals surface area contributed by atoms with Crippen LogP contribution in [-0.4, -0.2) is 19.3 Å². The number of aryl methyl sites for hydroxylation is 4. The van der Waals surface area contributed by atoms with Gasteiger partial charge in [0.1, 0.15) is 30.0 Å². The zero-order valence-corrected chi connectivity index (χ0v) is 16.8. The van der Waals surface area contributed by atoms with Crippen LogP contribution in [0.15, 0.2) is 24.3 Å². The average molecular weight is 354 g/mol. The largest absolute Gasteiger partial charge is 0.490 e. The van der Waals surface area contributed by atoms with Gasteiger partial charge in [-0.3, -0.25) is 0 Å². The summed E-state index contributed by atoms with van der Waals surface area (Å²) < 4.78 is 17.4. The number of hydrogen-bond donors (Lipinski definition) is 0. The van der Waals surface area contributed by atoms with Gasteiger partial charge in [-0.2, -0.15) is 0 Å². The van der Waals surface area contributed by atoms with Gasteiger partial charge in [0, 0.05) is 0 Å². The highest BCUT2D eigenvalue weighted by atomic mass is 16.6. The normalized spacial score (nSPS) is 16.0. The molecule has 1 aliphatic heterocycles. The van der Waals surface area contributed by atoms with Gasteiger partial charge in [0.15, 0.2) is 0 Å². The Labute approximate surface area is 157 Å². The van der Waals surface area contributed by atoms with E-state index in [4.69, 9.17) is 14.2 Å². The number of epoxide rings is 1. The fourth-order valence-corrected chi connectivity index (χ4v) is 3.45. The standard InChI is InChI=1S/C23H30O3/c1-14(2)7-19-8-15(3)23(16(4)9-19)26-20-10-17(5)22(18(6)11-20)25-13-21-12-24-21/h8-11,14,21H,7,12-13H2,1-6H3. The summed E-state index contributed by atoms with van der Waals surface area (Å²) >= 11 is 0. The summed E-state index contributed by atoms with van der Waals surface area (Å²) in [6.45, 7) is 14.3. The minimum atomic E-state index is 0.263. The van der Waals surface area contributed by atoms with Crippen molar-refractivity contribution in [1.82, 2.24) is 0 Å². The van der Waals surface area contributed by atoms with E-state index in [-0.39, 0.29) is 6.10 Å². The van der Waals surface area contributed by atoms with Crippen molar-refractivity contribution < 1.29 is 14.2 Å². The molecule has 0 radical (unpaired) electrons. The maximum atomic E-state index is 6.27. The summed E-state index contributed by atoms with van der Waals surface area (Å²) in [5.74, 6) is 3.40. The van der Waals surface area contributed by atoms with E-state index in [2.05, 4.69) is 65.8 Å². The molecule has 0 aromatic heterocycles. The highest BCUT2D eigenvalue weighted by Gasteiger charge is 2.24. The predicted molar refractivity (Wildman–Crippen MR) is 106 cm³/mol. The van der Waals surface area contributed by atoms with Gasteiger partial charge < -0.3 is 14.2 Å². The summed E-state index contributed by atoms with van der Waals surface area (Å²) in [5, 5.41) is 0. The molecule has 3 nitrogen and oxygen atoms in total. The Kier molecular flexibility index (Phi) is 5.57. The first-order valence-corrected chi connectivity index (χ1v) is 9.47. The number of benzene rings is 2. The molecule has 0 aliphatic carbocycles. The average Bonchev–Trinajstić information content (AvgIpc) is 3.34. The molecule has 140 valence electrons. The van der Waals surface area contributed by atoms with Crippen molar-refractivity contribution in [2.45, 2.75) is 54.1 Å². The Morgan fingerprint density at radius 1 is 0.923 bits per heavy atom. The molecule has 0 amide bonds. The van der Waals surface area contributed by atoms with Gasteiger partial charge >= 0.3 is 0 Å². The number of hydrogen-bond acceptors (Lipinski definition) is 3. The second-order valence-electron chi connectivity index (χ2n) is 7.91. The maximum Gasteiger partial charge on any atom is 0.133 e. The third-order valence-corrected chi connectivity index (χ3v) is 4.63. The quantitative estimate of drug-likeness (QED) is 0.599. The highest BCUT2D eigenvalue weighted by Crippen LogP contribution is 2.35. The molecule has 0 saturated carbocycles. The van der Waals surface area contributed by atoms with Crippen molar-refractivity contribution in [1.29, 1.82) is 0 Å². The van der Waals surface area contributed by atoms with Gasteiger partial charge in [0.25, 0.3) is 0 Å². The van der Waals surface area contributed by atoms with Crippen LogP contribution in [0.4, 0.5) is 0 Å².